The predicted octanol–water partition coefficient (Wildman–Crippen LogP) is 4.35. The summed E-state index contributed by atoms with van der Waals surface area (Å²) in [7, 11) is 0. The molecule has 4 heteroatoms. The number of carboxylic acids is 1. The van der Waals surface area contributed by atoms with Gasteiger partial charge in [-0.1, -0.05) is 81.4 Å². The van der Waals surface area contributed by atoms with Gasteiger partial charge in [0.25, 0.3) is 0 Å². The monoisotopic (exact) mass is 367 g/mol. The van der Waals surface area contributed by atoms with E-state index in [4.69, 9.17) is 4.74 Å². The van der Waals surface area contributed by atoms with E-state index in [1.165, 1.54) is 11.1 Å². The molecule has 0 bridgehead atoms. The lowest BCUT2D eigenvalue weighted by Gasteiger charge is -2.30. The van der Waals surface area contributed by atoms with Crippen molar-refractivity contribution in [2.75, 3.05) is 6.54 Å². The van der Waals surface area contributed by atoms with Crippen LogP contribution in [0.15, 0.2) is 60.7 Å². The van der Waals surface area contributed by atoms with Crippen LogP contribution in [-0.4, -0.2) is 33.7 Å². The van der Waals surface area contributed by atoms with Gasteiger partial charge in [-0.2, -0.15) is 0 Å². The van der Waals surface area contributed by atoms with Crippen LogP contribution < -0.4 is 0 Å². The van der Waals surface area contributed by atoms with E-state index >= 15 is 0 Å². The summed E-state index contributed by atoms with van der Waals surface area (Å²) in [6, 6.07) is 20.5. The number of carbonyl (C=O) groups is 1. The maximum Gasteiger partial charge on any atom is 0.339 e. The lowest BCUT2D eigenvalue weighted by atomic mass is 9.73. The molecule has 1 saturated heterocycles. The van der Waals surface area contributed by atoms with Crippen LogP contribution in [0.2, 0.25) is 0 Å². The first-order valence-electron chi connectivity index (χ1n) is 9.42. The van der Waals surface area contributed by atoms with Crippen LogP contribution in [-0.2, 0) is 22.6 Å². The molecule has 1 N–H and O–H groups in total. The molecule has 27 heavy (non-hydrogen) atoms. The van der Waals surface area contributed by atoms with Gasteiger partial charge in [-0.25, -0.2) is 4.79 Å². The number of aliphatic carboxylic acids is 1. The Morgan fingerprint density at radius 2 is 1.41 bits per heavy atom. The second kappa shape index (κ2) is 7.10. The van der Waals surface area contributed by atoms with Crippen molar-refractivity contribution >= 4 is 5.97 Å². The zero-order chi connectivity index (χ0) is 19.7. The van der Waals surface area contributed by atoms with Gasteiger partial charge in [0.15, 0.2) is 5.60 Å². The molecule has 0 aromatic heterocycles. The second-order valence-corrected chi connectivity index (χ2v) is 8.69. The van der Waals surface area contributed by atoms with Gasteiger partial charge in [-0.05, 0) is 18.1 Å². The number of rotatable bonds is 7. The molecule has 144 valence electrons. The van der Waals surface area contributed by atoms with Crippen LogP contribution in [0.1, 0.15) is 38.8 Å². The van der Waals surface area contributed by atoms with Crippen LogP contribution in [0, 0.1) is 5.41 Å². The molecule has 4 nitrogen and oxygen atoms in total. The molecule has 0 aliphatic carbocycles. The fourth-order valence-corrected chi connectivity index (χ4v) is 4.27. The lowest BCUT2D eigenvalue weighted by molar-refractivity contribution is -0.147. The van der Waals surface area contributed by atoms with Gasteiger partial charge >= 0.3 is 5.97 Å². The zero-order valence-electron chi connectivity index (χ0n) is 16.6. The molecule has 0 spiro atoms. The van der Waals surface area contributed by atoms with Crippen molar-refractivity contribution in [3.63, 3.8) is 0 Å². The Morgan fingerprint density at radius 3 is 1.74 bits per heavy atom. The number of hydrogen-bond donors (Lipinski definition) is 1. The first-order valence-corrected chi connectivity index (χ1v) is 9.42. The fraction of sp³-hybridized carbons (Fsp3) is 0.435. The van der Waals surface area contributed by atoms with E-state index in [1.54, 1.807) is 0 Å². The highest BCUT2D eigenvalue weighted by molar-refractivity contribution is 5.84. The van der Waals surface area contributed by atoms with Crippen LogP contribution >= 0.6 is 0 Å². The smallest absolute Gasteiger partial charge is 0.339 e. The normalized spacial score (nSPS) is 24.8. The van der Waals surface area contributed by atoms with E-state index in [9.17, 15) is 9.90 Å². The average molecular weight is 367 g/mol. The molecular weight excluding hydrogens is 338 g/mol. The minimum atomic E-state index is -1.16. The van der Waals surface area contributed by atoms with E-state index < -0.39 is 22.6 Å². The Balaban J connectivity index is 1.84. The predicted molar refractivity (Wildman–Crippen MR) is 106 cm³/mol. The summed E-state index contributed by atoms with van der Waals surface area (Å²) >= 11 is 0. The first kappa shape index (κ1) is 19.6. The minimum absolute atomic E-state index is 0.487. The van der Waals surface area contributed by atoms with Crippen molar-refractivity contribution in [3.8, 4) is 0 Å². The molecule has 0 saturated carbocycles. The van der Waals surface area contributed by atoms with E-state index in [-0.39, 0.29) is 0 Å². The average Bonchev–Trinajstić information content (AvgIpc) is 3.24. The molecule has 2 atom stereocenters. The number of hydrogen-bond acceptors (Lipinski definition) is 3. The number of ether oxygens (including phenoxy) is 1. The molecule has 2 aromatic rings. The third-order valence-corrected chi connectivity index (χ3v) is 5.46. The highest BCUT2D eigenvalue weighted by Gasteiger charge is 2.77. The van der Waals surface area contributed by atoms with Gasteiger partial charge in [0.05, 0.1) is 0 Å². The highest BCUT2D eigenvalue weighted by Crippen LogP contribution is 2.58. The topological polar surface area (TPSA) is 53.1 Å². The van der Waals surface area contributed by atoms with Gasteiger partial charge in [-0.15, -0.1) is 0 Å². The van der Waals surface area contributed by atoms with E-state index in [2.05, 4.69) is 29.2 Å². The zero-order valence-corrected chi connectivity index (χ0v) is 16.6. The number of epoxide rings is 1. The molecule has 1 heterocycles. The molecule has 3 rings (SSSR count). The summed E-state index contributed by atoms with van der Waals surface area (Å²) in [5, 5.41) is 9.92. The number of nitrogens with zero attached hydrogens (tertiary/aromatic N) is 1. The third kappa shape index (κ3) is 3.78. The second-order valence-electron chi connectivity index (χ2n) is 8.69. The van der Waals surface area contributed by atoms with E-state index in [0.29, 0.717) is 6.54 Å². The van der Waals surface area contributed by atoms with Gasteiger partial charge in [0, 0.05) is 25.0 Å². The SMILES string of the molecule is CC(C)(C)C1(C(=O)O)OC1(C)CN(Cc1ccccc1)Cc1ccccc1. The molecule has 1 fully saturated rings. The Morgan fingerprint density at radius 1 is 0.963 bits per heavy atom. The number of carboxylic acid groups (broad SMARTS) is 1. The molecule has 1 aliphatic heterocycles. The lowest BCUT2D eigenvalue weighted by Crippen LogP contribution is -2.48. The maximum atomic E-state index is 12.1. The molecule has 0 amide bonds. The number of benzene rings is 2. The highest BCUT2D eigenvalue weighted by atomic mass is 16.7. The standard InChI is InChI=1S/C23H29NO3/c1-21(2,3)23(20(25)26)22(4,27-23)17-24(15-18-11-7-5-8-12-18)16-19-13-9-6-10-14-19/h5-14H,15-17H2,1-4H3,(H,25,26). The Bertz CT molecular complexity index is 743. The van der Waals surface area contributed by atoms with Crippen LogP contribution in [0.25, 0.3) is 0 Å². The molecule has 2 unspecified atom stereocenters. The van der Waals surface area contributed by atoms with Crippen LogP contribution in [0.4, 0.5) is 0 Å². The molecular formula is C23H29NO3. The largest absolute Gasteiger partial charge is 0.479 e. The summed E-state index contributed by atoms with van der Waals surface area (Å²) in [6.45, 7) is 9.78. The van der Waals surface area contributed by atoms with Crippen molar-refractivity contribution in [2.45, 2.75) is 52.0 Å². The summed E-state index contributed by atoms with van der Waals surface area (Å²) in [5.41, 5.74) is 0.0362. The van der Waals surface area contributed by atoms with Gasteiger partial charge in [0.2, 0.25) is 0 Å². The maximum absolute atomic E-state index is 12.1. The third-order valence-electron chi connectivity index (χ3n) is 5.46. The van der Waals surface area contributed by atoms with Crippen molar-refractivity contribution in [3.05, 3.63) is 71.8 Å². The van der Waals surface area contributed by atoms with Crippen LogP contribution in [0.5, 0.6) is 0 Å². The van der Waals surface area contributed by atoms with Crippen molar-refractivity contribution in [1.29, 1.82) is 0 Å². The summed E-state index contributed by atoms with van der Waals surface area (Å²) in [6.07, 6.45) is 0. The van der Waals surface area contributed by atoms with E-state index in [0.717, 1.165) is 13.1 Å². The van der Waals surface area contributed by atoms with Crippen molar-refractivity contribution in [1.82, 2.24) is 4.90 Å². The molecule has 2 aromatic carbocycles. The van der Waals surface area contributed by atoms with Gasteiger partial charge in [-0.3, -0.25) is 4.90 Å². The molecule has 1 aliphatic rings. The summed E-state index contributed by atoms with van der Waals surface area (Å²) in [4.78, 5) is 14.4. The first-order chi connectivity index (χ1) is 12.7. The van der Waals surface area contributed by atoms with Crippen molar-refractivity contribution in [2.24, 2.45) is 5.41 Å². The Hall–Kier alpha value is -2.17. The van der Waals surface area contributed by atoms with E-state index in [1.807, 2.05) is 64.1 Å². The summed E-state index contributed by atoms with van der Waals surface area (Å²) < 4.78 is 5.98. The van der Waals surface area contributed by atoms with Crippen LogP contribution in [0.3, 0.4) is 0 Å². The summed E-state index contributed by atoms with van der Waals surface area (Å²) in [5.74, 6) is -0.878. The van der Waals surface area contributed by atoms with Crippen molar-refractivity contribution < 1.29 is 14.6 Å². The minimum Gasteiger partial charge on any atom is -0.479 e. The Labute approximate surface area is 161 Å². The van der Waals surface area contributed by atoms with Gasteiger partial charge < -0.3 is 9.84 Å². The molecule has 0 radical (unpaired) electrons. The van der Waals surface area contributed by atoms with Gasteiger partial charge in [0.1, 0.15) is 5.60 Å². The quantitative estimate of drug-likeness (QED) is 0.739. The fourth-order valence-electron chi connectivity index (χ4n) is 4.27. The Kier molecular flexibility index (Phi) is 5.15.